The molecule has 0 atom stereocenters. The first kappa shape index (κ1) is 16.8. The van der Waals surface area contributed by atoms with Crippen LogP contribution in [0, 0.1) is 0 Å². The molecular weight excluding hydrogens is 330 g/mol. The third-order valence-corrected chi connectivity index (χ3v) is 5.18. The number of H-pyrrole nitrogens is 1. The Balaban J connectivity index is 1.38. The lowest BCUT2D eigenvalue weighted by molar-refractivity contribution is -0.132. The highest BCUT2D eigenvalue weighted by Gasteiger charge is 2.25. The van der Waals surface area contributed by atoms with Crippen LogP contribution in [0.4, 0.5) is 0 Å². The molecule has 7 nitrogen and oxygen atoms in total. The zero-order valence-corrected chi connectivity index (χ0v) is 14.6. The van der Waals surface area contributed by atoms with E-state index in [1.165, 1.54) is 0 Å². The van der Waals surface area contributed by atoms with Crippen molar-refractivity contribution in [2.75, 3.05) is 13.1 Å². The van der Waals surface area contributed by atoms with Gasteiger partial charge in [0.1, 0.15) is 18.3 Å². The van der Waals surface area contributed by atoms with Crippen molar-refractivity contribution >= 4 is 16.9 Å². The van der Waals surface area contributed by atoms with E-state index >= 15 is 0 Å². The van der Waals surface area contributed by atoms with E-state index in [9.17, 15) is 9.90 Å². The van der Waals surface area contributed by atoms with Crippen molar-refractivity contribution in [1.29, 1.82) is 0 Å². The lowest BCUT2D eigenvalue weighted by atomic mass is 9.96. The van der Waals surface area contributed by atoms with Gasteiger partial charge in [0.2, 0.25) is 5.91 Å². The number of piperidine rings is 1. The number of aromatic nitrogens is 4. The Morgan fingerprint density at radius 2 is 2.08 bits per heavy atom. The minimum Gasteiger partial charge on any atom is -0.388 e. The van der Waals surface area contributed by atoms with Crippen LogP contribution in [0.25, 0.3) is 11.0 Å². The van der Waals surface area contributed by atoms with Gasteiger partial charge in [-0.25, -0.2) is 9.97 Å². The minimum atomic E-state index is -0.128. The molecule has 1 amide bonds. The number of nitrogens with zero attached hydrogens (tertiary/aromatic N) is 4. The zero-order chi connectivity index (χ0) is 17.9. The van der Waals surface area contributed by atoms with Crippen LogP contribution >= 0.6 is 0 Å². The number of aromatic amines is 1. The van der Waals surface area contributed by atoms with Crippen LogP contribution in [0.15, 0.2) is 36.7 Å². The molecule has 1 aliphatic rings. The van der Waals surface area contributed by atoms with E-state index < -0.39 is 0 Å². The van der Waals surface area contributed by atoms with Gasteiger partial charge in [0.05, 0.1) is 11.0 Å². The first-order valence-corrected chi connectivity index (χ1v) is 9.08. The van der Waals surface area contributed by atoms with E-state index in [-0.39, 0.29) is 12.5 Å². The molecule has 0 bridgehead atoms. The number of aliphatic hydroxyl groups is 1. The third-order valence-electron chi connectivity index (χ3n) is 5.18. The number of hydrogen-bond donors (Lipinski definition) is 2. The van der Waals surface area contributed by atoms with Crippen molar-refractivity contribution in [2.24, 2.45) is 0 Å². The zero-order valence-electron chi connectivity index (χ0n) is 14.6. The van der Waals surface area contributed by atoms with E-state index in [2.05, 4.69) is 15.0 Å². The van der Waals surface area contributed by atoms with Crippen LogP contribution in [0.1, 0.15) is 36.8 Å². The number of nitrogens with one attached hydrogen (secondary N) is 1. The van der Waals surface area contributed by atoms with E-state index in [4.69, 9.17) is 0 Å². The number of fused-ring (bicyclic) bond motifs is 1. The van der Waals surface area contributed by atoms with Gasteiger partial charge in [-0.3, -0.25) is 4.79 Å². The van der Waals surface area contributed by atoms with Crippen molar-refractivity contribution in [2.45, 2.75) is 38.3 Å². The fourth-order valence-electron chi connectivity index (χ4n) is 3.76. The van der Waals surface area contributed by atoms with Crippen molar-refractivity contribution in [3.8, 4) is 0 Å². The second-order valence-electron chi connectivity index (χ2n) is 6.71. The molecule has 7 heteroatoms. The quantitative estimate of drug-likeness (QED) is 0.735. The SMILES string of the molecule is O=C(CCn1c(CO)nc2ccccc21)N1CCC(c2ncc[nH]2)CC1. The molecule has 3 aromatic rings. The van der Waals surface area contributed by atoms with Crippen molar-refractivity contribution in [1.82, 2.24) is 24.4 Å². The number of amides is 1. The summed E-state index contributed by atoms with van der Waals surface area (Å²) < 4.78 is 1.95. The number of aryl methyl sites for hydroxylation is 1. The predicted octanol–water partition coefficient (Wildman–Crippen LogP) is 2.05. The van der Waals surface area contributed by atoms with Gasteiger partial charge in [-0.15, -0.1) is 0 Å². The number of hydrogen-bond acceptors (Lipinski definition) is 4. The number of para-hydroxylation sites is 2. The molecule has 1 aliphatic heterocycles. The van der Waals surface area contributed by atoms with E-state index in [1.54, 1.807) is 6.20 Å². The Morgan fingerprint density at radius 1 is 1.27 bits per heavy atom. The Labute approximate surface area is 151 Å². The fraction of sp³-hybridized carbons (Fsp3) is 0.421. The molecule has 0 unspecified atom stereocenters. The van der Waals surface area contributed by atoms with E-state index in [0.717, 1.165) is 42.8 Å². The normalized spacial score (nSPS) is 15.7. The molecule has 0 aliphatic carbocycles. The molecule has 0 saturated carbocycles. The van der Waals surface area contributed by atoms with Gasteiger partial charge in [-0.05, 0) is 25.0 Å². The number of rotatable bonds is 5. The van der Waals surface area contributed by atoms with Crippen LogP contribution in [0.2, 0.25) is 0 Å². The number of carbonyl (C=O) groups excluding carboxylic acids is 1. The molecule has 4 rings (SSSR count). The van der Waals surface area contributed by atoms with Gasteiger partial charge >= 0.3 is 0 Å². The number of aliphatic hydroxyl groups excluding tert-OH is 1. The molecule has 1 saturated heterocycles. The minimum absolute atomic E-state index is 0.128. The molecule has 3 heterocycles. The molecule has 26 heavy (non-hydrogen) atoms. The van der Waals surface area contributed by atoms with Gasteiger partial charge in [0.15, 0.2) is 0 Å². The molecule has 2 aromatic heterocycles. The topological polar surface area (TPSA) is 87.0 Å². The summed E-state index contributed by atoms with van der Waals surface area (Å²) in [6.07, 6.45) is 5.92. The highest BCUT2D eigenvalue weighted by atomic mass is 16.3. The van der Waals surface area contributed by atoms with Gasteiger partial charge in [0.25, 0.3) is 0 Å². The lowest BCUT2D eigenvalue weighted by Crippen LogP contribution is -2.38. The summed E-state index contributed by atoms with van der Waals surface area (Å²) in [4.78, 5) is 26.5. The summed E-state index contributed by atoms with van der Waals surface area (Å²) in [6, 6.07) is 7.77. The van der Waals surface area contributed by atoms with E-state index in [0.29, 0.717) is 24.7 Å². The Bertz CT molecular complexity index is 879. The largest absolute Gasteiger partial charge is 0.388 e. The first-order chi connectivity index (χ1) is 12.8. The molecule has 2 N–H and O–H groups in total. The highest BCUT2D eigenvalue weighted by molar-refractivity contribution is 5.78. The molecule has 0 spiro atoms. The van der Waals surface area contributed by atoms with Crippen LogP contribution in [0.3, 0.4) is 0 Å². The maximum atomic E-state index is 12.6. The number of likely N-dealkylation sites (tertiary alicyclic amines) is 1. The Hall–Kier alpha value is -2.67. The summed E-state index contributed by atoms with van der Waals surface area (Å²) in [5.41, 5.74) is 1.81. The van der Waals surface area contributed by atoms with Crippen LogP contribution in [0.5, 0.6) is 0 Å². The average molecular weight is 353 g/mol. The summed E-state index contributed by atoms with van der Waals surface area (Å²) in [6.45, 7) is 1.94. The van der Waals surface area contributed by atoms with Crippen LogP contribution < -0.4 is 0 Å². The second-order valence-corrected chi connectivity index (χ2v) is 6.71. The Morgan fingerprint density at radius 3 is 2.81 bits per heavy atom. The summed E-state index contributed by atoms with van der Waals surface area (Å²) >= 11 is 0. The van der Waals surface area contributed by atoms with E-state index in [1.807, 2.05) is 39.9 Å². The molecule has 0 radical (unpaired) electrons. The molecule has 1 fully saturated rings. The first-order valence-electron chi connectivity index (χ1n) is 9.08. The highest BCUT2D eigenvalue weighted by Crippen LogP contribution is 2.26. The van der Waals surface area contributed by atoms with Crippen molar-refractivity contribution in [3.05, 3.63) is 48.3 Å². The number of benzene rings is 1. The van der Waals surface area contributed by atoms with Gasteiger partial charge in [0, 0.05) is 44.4 Å². The number of imidazole rings is 2. The molecular formula is C19H23N5O2. The summed E-state index contributed by atoms with van der Waals surface area (Å²) in [5, 5.41) is 9.57. The molecule has 136 valence electrons. The standard InChI is InChI=1S/C19H23N5O2/c25-13-17-22-15-3-1-2-4-16(15)24(17)12-7-18(26)23-10-5-14(6-11-23)19-20-8-9-21-19/h1-4,8-9,14,25H,5-7,10-13H2,(H,20,21). The average Bonchev–Trinajstić information content (AvgIpc) is 3.34. The summed E-state index contributed by atoms with van der Waals surface area (Å²) in [5.74, 6) is 2.20. The van der Waals surface area contributed by atoms with Gasteiger partial charge < -0.3 is 19.6 Å². The van der Waals surface area contributed by atoms with Gasteiger partial charge in [-0.1, -0.05) is 12.1 Å². The maximum absolute atomic E-state index is 12.6. The van der Waals surface area contributed by atoms with Crippen molar-refractivity contribution in [3.63, 3.8) is 0 Å². The third kappa shape index (κ3) is 3.22. The molecule has 1 aromatic carbocycles. The second kappa shape index (κ2) is 7.29. The van der Waals surface area contributed by atoms with Crippen LogP contribution in [-0.4, -0.2) is 48.5 Å². The lowest BCUT2D eigenvalue weighted by Gasteiger charge is -2.31. The predicted molar refractivity (Wildman–Crippen MR) is 97.4 cm³/mol. The van der Waals surface area contributed by atoms with Gasteiger partial charge in [-0.2, -0.15) is 0 Å². The Kier molecular flexibility index (Phi) is 4.71. The number of carbonyl (C=O) groups is 1. The van der Waals surface area contributed by atoms with Crippen molar-refractivity contribution < 1.29 is 9.90 Å². The smallest absolute Gasteiger partial charge is 0.224 e. The monoisotopic (exact) mass is 353 g/mol. The van der Waals surface area contributed by atoms with Crippen LogP contribution in [-0.2, 0) is 17.9 Å². The maximum Gasteiger partial charge on any atom is 0.224 e. The fourth-order valence-corrected chi connectivity index (χ4v) is 3.76. The summed E-state index contributed by atoms with van der Waals surface area (Å²) in [7, 11) is 0.